The minimum atomic E-state index is -0.714. The molecule has 1 N–H and O–H groups in total. The van der Waals surface area contributed by atoms with Crippen LogP contribution in [-0.4, -0.2) is 92.0 Å². The molecule has 1 aromatic rings. The second kappa shape index (κ2) is 10.8. The molecule has 2 amide bonds. The quantitative estimate of drug-likeness (QED) is 0.593. The molecule has 3 heterocycles. The van der Waals surface area contributed by atoms with Crippen LogP contribution in [-0.2, 0) is 14.3 Å². The van der Waals surface area contributed by atoms with Crippen LogP contribution in [0.2, 0.25) is 0 Å². The van der Waals surface area contributed by atoms with Crippen LogP contribution in [0.1, 0.15) is 43.5 Å². The summed E-state index contributed by atoms with van der Waals surface area (Å²) in [5.74, 6) is 6.44. The average Bonchev–Trinajstić information content (AvgIpc) is 3.53. The van der Waals surface area contributed by atoms with Gasteiger partial charge in [0.25, 0.3) is 5.91 Å². The lowest BCUT2D eigenvalue weighted by Gasteiger charge is -2.34. The number of likely N-dealkylation sites (N-methyl/N-ethyl adjacent to an activating group) is 1. The average molecular weight is 507 g/mol. The van der Waals surface area contributed by atoms with Crippen molar-refractivity contribution < 1.29 is 19.1 Å². The Labute approximate surface area is 219 Å². The van der Waals surface area contributed by atoms with Gasteiger partial charge in [-0.05, 0) is 56.5 Å². The third kappa shape index (κ3) is 5.83. The molecule has 1 aromatic carbocycles. The lowest BCUT2D eigenvalue weighted by atomic mass is 10.0. The molecule has 8 nitrogen and oxygen atoms in total. The molecule has 0 spiro atoms. The number of carbonyl (C=O) groups excluding carboxylic acids is 3. The number of fused-ring (bicyclic) bond motifs is 1. The smallest absolute Gasteiger partial charge is 0.251 e. The monoisotopic (exact) mass is 506 g/mol. The highest BCUT2D eigenvalue weighted by Gasteiger charge is 2.52. The van der Waals surface area contributed by atoms with E-state index in [1.807, 2.05) is 38.1 Å². The Kier molecular flexibility index (Phi) is 7.55. The van der Waals surface area contributed by atoms with E-state index in [9.17, 15) is 14.4 Å². The third-order valence-electron chi connectivity index (χ3n) is 7.83. The minimum absolute atomic E-state index is 0.0155. The zero-order chi connectivity index (χ0) is 26.1. The summed E-state index contributed by atoms with van der Waals surface area (Å²) >= 11 is 0. The van der Waals surface area contributed by atoms with Gasteiger partial charge in [-0.1, -0.05) is 25.7 Å². The predicted octanol–water partition coefficient (Wildman–Crippen LogP) is 1.79. The van der Waals surface area contributed by atoms with Crippen molar-refractivity contribution in [3.63, 3.8) is 0 Å². The van der Waals surface area contributed by atoms with Crippen LogP contribution in [0.5, 0.6) is 0 Å². The highest BCUT2D eigenvalue weighted by atomic mass is 16.5. The predicted molar refractivity (Wildman–Crippen MR) is 141 cm³/mol. The van der Waals surface area contributed by atoms with Crippen molar-refractivity contribution in [1.29, 1.82) is 0 Å². The van der Waals surface area contributed by atoms with Crippen LogP contribution >= 0.6 is 0 Å². The maximum absolute atomic E-state index is 13.8. The van der Waals surface area contributed by atoms with Crippen molar-refractivity contribution in [2.75, 3.05) is 51.3 Å². The molecule has 37 heavy (non-hydrogen) atoms. The number of hydrogen-bond donors (Lipinski definition) is 1. The van der Waals surface area contributed by atoms with Gasteiger partial charge in [0, 0.05) is 49.9 Å². The molecule has 4 fully saturated rings. The molecule has 4 aliphatic rings. The number of ketones is 1. The molecule has 198 valence electrons. The van der Waals surface area contributed by atoms with Gasteiger partial charge in [0.1, 0.15) is 24.8 Å². The first-order chi connectivity index (χ1) is 17.8. The molecule has 0 radical (unpaired) electrons. The second-order valence-corrected chi connectivity index (χ2v) is 11.3. The minimum Gasteiger partial charge on any atom is -0.369 e. The Morgan fingerprint density at radius 2 is 1.78 bits per heavy atom. The number of nitrogens with one attached hydrogen (secondary N) is 1. The Hall–Kier alpha value is -2.89. The molecule has 0 aromatic heterocycles. The number of likely N-dealkylation sites (tertiary alicyclic amines) is 1. The summed E-state index contributed by atoms with van der Waals surface area (Å²) in [6, 6.07) is 6.27. The molecule has 0 bridgehead atoms. The van der Waals surface area contributed by atoms with E-state index >= 15 is 0 Å². The zero-order valence-electron chi connectivity index (χ0n) is 22.1. The van der Waals surface area contributed by atoms with E-state index in [-0.39, 0.29) is 42.1 Å². The number of carbonyl (C=O) groups is 3. The van der Waals surface area contributed by atoms with Crippen LogP contribution < -0.4 is 10.2 Å². The highest BCUT2D eigenvalue weighted by Crippen LogP contribution is 2.34. The van der Waals surface area contributed by atoms with Crippen molar-refractivity contribution in [2.45, 2.75) is 51.3 Å². The van der Waals surface area contributed by atoms with E-state index in [0.717, 1.165) is 44.7 Å². The first-order valence-electron chi connectivity index (χ1n) is 13.6. The van der Waals surface area contributed by atoms with Gasteiger partial charge in [-0.15, -0.1) is 0 Å². The van der Waals surface area contributed by atoms with Crippen LogP contribution in [0.3, 0.4) is 0 Å². The maximum Gasteiger partial charge on any atom is 0.251 e. The normalized spacial score (nSPS) is 26.6. The zero-order valence-corrected chi connectivity index (χ0v) is 22.1. The first kappa shape index (κ1) is 25.7. The summed E-state index contributed by atoms with van der Waals surface area (Å²) in [5, 5.41) is 2.98. The van der Waals surface area contributed by atoms with E-state index in [4.69, 9.17) is 4.74 Å². The second-order valence-electron chi connectivity index (χ2n) is 11.3. The van der Waals surface area contributed by atoms with Gasteiger partial charge in [0.15, 0.2) is 5.78 Å². The molecular formula is C29H38N4O4. The summed E-state index contributed by atoms with van der Waals surface area (Å²) in [7, 11) is 2.12. The number of rotatable bonds is 6. The van der Waals surface area contributed by atoms with E-state index in [1.165, 1.54) is 0 Å². The molecule has 8 heteroatoms. The van der Waals surface area contributed by atoms with Gasteiger partial charge < -0.3 is 24.8 Å². The van der Waals surface area contributed by atoms with Gasteiger partial charge in [0.2, 0.25) is 5.91 Å². The number of nitrogens with zero attached hydrogens (tertiary/aromatic N) is 3. The van der Waals surface area contributed by atoms with Crippen LogP contribution in [0.15, 0.2) is 24.3 Å². The van der Waals surface area contributed by atoms with E-state index in [2.05, 4.69) is 34.0 Å². The van der Waals surface area contributed by atoms with E-state index in [1.54, 1.807) is 4.90 Å². The first-order valence-corrected chi connectivity index (χ1v) is 13.6. The molecule has 1 saturated carbocycles. The number of amides is 2. The van der Waals surface area contributed by atoms with Crippen LogP contribution in [0, 0.1) is 29.6 Å². The standard InChI is InChI=1S/C29H38N4O4/c1-19(2)16-24(30-28(35)21-8-10-23(11-9-21)32-14-12-31(3)13-15-32)29(36)33-17-22(7-6-20-4-5-20)27-26(33)25(34)18-37-27/h8-11,19-20,22,24,26-27H,4-5,12-18H2,1-3H3,(H,30,35). The fraction of sp³-hybridized carbons (Fsp3) is 0.621. The van der Waals surface area contributed by atoms with Crippen molar-refractivity contribution in [1.82, 2.24) is 15.1 Å². The van der Waals surface area contributed by atoms with Gasteiger partial charge in [-0.2, -0.15) is 0 Å². The fourth-order valence-corrected chi connectivity index (χ4v) is 5.49. The third-order valence-corrected chi connectivity index (χ3v) is 7.83. The highest BCUT2D eigenvalue weighted by molar-refractivity contribution is 5.99. The maximum atomic E-state index is 13.8. The van der Waals surface area contributed by atoms with Crippen molar-refractivity contribution in [3.8, 4) is 11.8 Å². The van der Waals surface area contributed by atoms with E-state index in [0.29, 0.717) is 24.4 Å². The van der Waals surface area contributed by atoms with Gasteiger partial charge >= 0.3 is 0 Å². The fourth-order valence-electron chi connectivity index (χ4n) is 5.49. The Morgan fingerprint density at radius 1 is 1.08 bits per heavy atom. The summed E-state index contributed by atoms with van der Waals surface area (Å²) in [6.45, 7) is 8.38. The summed E-state index contributed by atoms with van der Waals surface area (Å²) in [5.41, 5.74) is 1.62. The number of Topliss-reactive ketones (excluding diaryl/α,β-unsaturated/α-hetero) is 1. The van der Waals surface area contributed by atoms with Crippen LogP contribution in [0.4, 0.5) is 5.69 Å². The molecule has 4 unspecified atom stereocenters. The Balaban J connectivity index is 1.28. The van der Waals surface area contributed by atoms with E-state index < -0.39 is 12.1 Å². The Morgan fingerprint density at radius 3 is 2.43 bits per heavy atom. The molecule has 4 atom stereocenters. The van der Waals surface area contributed by atoms with Crippen molar-refractivity contribution in [2.24, 2.45) is 17.8 Å². The number of anilines is 1. The summed E-state index contributed by atoms with van der Waals surface area (Å²) < 4.78 is 5.77. The van der Waals surface area contributed by atoms with Crippen LogP contribution in [0.25, 0.3) is 0 Å². The largest absolute Gasteiger partial charge is 0.369 e. The lowest BCUT2D eigenvalue weighted by Crippen LogP contribution is -2.52. The molecule has 1 aliphatic carbocycles. The summed E-state index contributed by atoms with van der Waals surface area (Å²) in [4.78, 5) is 45.9. The Bertz CT molecular complexity index is 1080. The van der Waals surface area contributed by atoms with Crippen molar-refractivity contribution >= 4 is 23.3 Å². The number of piperazine rings is 1. The van der Waals surface area contributed by atoms with Crippen molar-refractivity contribution in [3.05, 3.63) is 29.8 Å². The van der Waals surface area contributed by atoms with Gasteiger partial charge in [0.05, 0.1) is 5.92 Å². The lowest BCUT2D eigenvalue weighted by molar-refractivity contribution is -0.138. The molecule has 5 rings (SSSR count). The molecular weight excluding hydrogens is 468 g/mol. The number of benzene rings is 1. The van der Waals surface area contributed by atoms with Gasteiger partial charge in [-0.3, -0.25) is 14.4 Å². The topological polar surface area (TPSA) is 82.2 Å². The van der Waals surface area contributed by atoms with Gasteiger partial charge in [-0.25, -0.2) is 0 Å². The molecule has 3 aliphatic heterocycles. The number of ether oxygens (including phenoxy) is 1. The molecule has 3 saturated heterocycles. The summed E-state index contributed by atoms with van der Waals surface area (Å²) in [6.07, 6.45) is 2.36. The SMILES string of the molecule is CC(C)CC(NC(=O)c1ccc(N2CCN(C)CC2)cc1)C(=O)N1CC(C#CC2CC2)C2OCC(=O)C21. The number of hydrogen-bond acceptors (Lipinski definition) is 6.